The lowest BCUT2D eigenvalue weighted by Crippen LogP contribution is -2.13. The Morgan fingerprint density at radius 3 is 2.88 bits per heavy atom. The summed E-state index contributed by atoms with van der Waals surface area (Å²) in [5.41, 5.74) is 3.87. The van der Waals surface area contributed by atoms with Gasteiger partial charge in [0.15, 0.2) is 5.13 Å². The van der Waals surface area contributed by atoms with Crippen molar-refractivity contribution in [1.29, 1.82) is 0 Å². The zero-order valence-corrected chi connectivity index (χ0v) is 15.4. The Hall–Kier alpha value is -2.51. The van der Waals surface area contributed by atoms with Gasteiger partial charge in [-0.2, -0.15) is 0 Å². The fraction of sp³-hybridized carbons (Fsp3) is 0.167. The van der Waals surface area contributed by atoms with E-state index in [1.54, 1.807) is 11.3 Å². The molecule has 3 aromatic heterocycles. The molecule has 0 radical (unpaired) electrons. The van der Waals surface area contributed by atoms with Gasteiger partial charge in [-0.05, 0) is 25.5 Å². The van der Waals surface area contributed by atoms with Crippen LogP contribution in [0.3, 0.4) is 0 Å². The summed E-state index contributed by atoms with van der Waals surface area (Å²) in [6, 6.07) is 7.97. The molecule has 4 rings (SSSR count). The molecule has 3 heterocycles. The number of aryl methyl sites for hydroxylation is 2. The van der Waals surface area contributed by atoms with Crippen molar-refractivity contribution < 1.29 is 4.79 Å². The number of nitrogens with zero attached hydrogens (tertiary/aromatic N) is 2. The van der Waals surface area contributed by atoms with Gasteiger partial charge < -0.3 is 10.3 Å². The highest BCUT2D eigenvalue weighted by Gasteiger charge is 2.14. The monoisotopic (exact) mass is 368 g/mol. The number of H-pyrrole nitrogens is 1. The average molecular weight is 368 g/mol. The van der Waals surface area contributed by atoms with E-state index >= 15 is 0 Å². The van der Waals surface area contributed by atoms with Crippen LogP contribution in [0.2, 0.25) is 0 Å². The van der Waals surface area contributed by atoms with Gasteiger partial charge in [0.1, 0.15) is 0 Å². The number of carbonyl (C=O) groups is 1. The van der Waals surface area contributed by atoms with Gasteiger partial charge in [0.05, 0.1) is 27.7 Å². The number of hydrogen-bond acceptors (Lipinski definition) is 5. The number of rotatable bonds is 4. The Labute approximate surface area is 152 Å². The molecule has 126 valence electrons. The van der Waals surface area contributed by atoms with Gasteiger partial charge in [0.2, 0.25) is 5.91 Å². The van der Waals surface area contributed by atoms with Crippen LogP contribution in [0.25, 0.3) is 21.5 Å². The fourth-order valence-corrected chi connectivity index (χ4v) is 4.49. The molecule has 0 fully saturated rings. The molecule has 1 amide bonds. The molecule has 7 heteroatoms. The molecule has 0 saturated heterocycles. The number of para-hydroxylation sites is 1. The smallest absolute Gasteiger partial charge is 0.230 e. The number of aromatic nitrogens is 3. The van der Waals surface area contributed by atoms with Crippen molar-refractivity contribution in [3.05, 3.63) is 52.1 Å². The molecule has 0 bridgehead atoms. The summed E-state index contributed by atoms with van der Waals surface area (Å²) in [4.78, 5) is 25.6. The van der Waals surface area contributed by atoms with Gasteiger partial charge in [-0.25, -0.2) is 9.97 Å². The Morgan fingerprint density at radius 2 is 2.08 bits per heavy atom. The van der Waals surface area contributed by atoms with Crippen molar-refractivity contribution in [1.82, 2.24) is 15.0 Å². The summed E-state index contributed by atoms with van der Waals surface area (Å²) in [7, 11) is 0. The fourth-order valence-electron chi connectivity index (χ4n) is 2.82. The van der Waals surface area contributed by atoms with E-state index in [4.69, 9.17) is 0 Å². The molecule has 4 aromatic rings. The number of anilines is 1. The lowest BCUT2D eigenvalue weighted by molar-refractivity contribution is -0.115. The van der Waals surface area contributed by atoms with Crippen molar-refractivity contribution in [2.75, 3.05) is 5.32 Å². The van der Waals surface area contributed by atoms with Crippen LogP contribution in [0, 0.1) is 13.8 Å². The number of benzene rings is 1. The number of aromatic amines is 1. The molecule has 5 nitrogen and oxygen atoms in total. The van der Waals surface area contributed by atoms with E-state index in [1.807, 2.05) is 49.7 Å². The zero-order valence-electron chi connectivity index (χ0n) is 13.8. The summed E-state index contributed by atoms with van der Waals surface area (Å²) >= 11 is 3.06. The molecule has 0 saturated carbocycles. The zero-order chi connectivity index (χ0) is 17.4. The third kappa shape index (κ3) is 3.20. The highest BCUT2D eigenvalue weighted by molar-refractivity contribution is 7.16. The van der Waals surface area contributed by atoms with Crippen LogP contribution in [-0.4, -0.2) is 20.9 Å². The van der Waals surface area contributed by atoms with E-state index in [0.29, 0.717) is 11.6 Å². The van der Waals surface area contributed by atoms with Gasteiger partial charge in [-0.1, -0.05) is 18.2 Å². The number of fused-ring (bicyclic) bond motifs is 1. The molecule has 0 aliphatic rings. The minimum Gasteiger partial charge on any atom is -0.361 e. The molecule has 0 atom stereocenters. The first-order valence-corrected chi connectivity index (χ1v) is 9.54. The summed E-state index contributed by atoms with van der Waals surface area (Å²) in [6.45, 7) is 3.96. The molecule has 1 aromatic carbocycles. The van der Waals surface area contributed by atoms with Crippen LogP contribution >= 0.6 is 22.7 Å². The first-order chi connectivity index (χ1) is 12.1. The van der Waals surface area contributed by atoms with E-state index in [9.17, 15) is 4.79 Å². The van der Waals surface area contributed by atoms with Crippen LogP contribution in [0.5, 0.6) is 0 Å². The predicted molar refractivity (Wildman–Crippen MR) is 103 cm³/mol. The topological polar surface area (TPSA) is 70.7 Å². The van der Waals surface area contributed by atoms with Gasteiger partial charge in [0, 0.05) is 22.5 Å². The molecule has 0 aliphatic carbocycles. The second-order valence-corrected chi connectivity index (χ2v) is 7.83. The lowest BCUT2D eigenvalue weighted by atomic mass is 10.1. The van der Waals surface area contributed by atoms with Crippen LogP contribution in [-0.2, 0) is 11.2 Å². The summed E-state index contributed by atoms with van der Waals surface area (Å²) < 4.78 is 0. The van der Waals surface area contributed by atoms with Gasteiger partial charge in [-0.15, -0.1) is 22.7 Å². The van der Waals surface area contributed by atoms with Gasteiger partial charge in [-0.3, -0.25) is 4.79 Å². The van der Waals surface area contributed by atoms with Crippen molar-refractivity contribution in [2.45, 2.75) is 20.3 Å². The first kappa shape index (κ1) is 16.0. The minimum absolute atomic E-state index is 0.0668. The van der Waals surface area contributed by atoms with Crippen LogP contribution in [0.15, 0.2) is 35.8 Å². The molecule has 0 aliphatic heterocycles. The molecule has 0 spiro atoms. The molecular weight excluding hydrogens is 352 g/mol. The largest absolute Gasteiger partial charge is 0.361 e. The van der Waals surface area contributed by atoms with E-state index in [-0.39, 0.29) is 5.91 Å². The van der Waals surface area contributed by atoms with E-state index in [0.717, 1.165) is 37.7 Å². The highest BCUT2D eigenvalue weighted by Crippen LogP contribution is 2.32. The van der Waals surface area contributed by atoms with Crippen LogP contribution < -0.4 is 5.32 Å². The number of carbonyl (C=O) groups excluding carboxylic acids is 1. The third-order valence-electron chi connectivity index (χ3n) is 3.91. The first-order valence-electron chi connectivity index (χ1n) is 7.85. The predicted octanol–water partition coefficient (Wildman–Crippen LogP) is 4.55. The van der Waals surface area contributed by atoms with Gasteiger partial charge in [0.25, 0.3) is 0 Å². The Balaban J connectivity index is 1.49. The van der Waals surface area contributed by atoms with Gasteiger partial charge >= 0.3 is 0 Å². The number of amides is 1. The minimum atomic E-state index is -0.0668. The molecular formula is C18H16N4OS2. The Morgan fingerprint density at radius 1 is 1.24 bits per heavy atom. The van der Waals surface area contributed by atoms with Crippen molar-refractivity contribution in [3.63, 3.8) is 0 Å². The third-order valence-corrected chi connectivity index (χ3v) is 5.77. The second-order valence-electron chi connectivity index (χ2n) is 5.77. The number of thiazole rings is 2. The number of hydrogen-bond donors (Lipinski definition) is 2. The molecule has 25 heavy (non-hydrogen) atoms. The SMILES string of the molecule is Cc1nc(C)c(-c2csc(NC(=O)Cc3c[nH]c4ccccc34)n2)s1. The second kappa shape index (κ2) is 6.42. The van der Waals surface area contributed by atoms with Crippen LogP contribution in [0.1, 0.15) is 16.3 Å². The maximum Gasteiger partial charge on any atom is 0.230 e. The van der Waals surface area contributed by atoms with E-state index in [2.05, 4.69) is 20.3 Å². The summed E-state index contributed by atoms with van der Waals surface area (Å²) in [6.07, 6.45) is 2.21. The summed E-state index contributed by atoms with van der Waals surface area (Å²) in [5, 5.41) is 7.57. The van der Waals surface area contributed by atoms with E-state index in [1.165, 1.54) is 11.3 Å². The number of nitrogens with one attached hydrogen (secondary N) is 2. The van der Waals surface area contributed by atoms with E-state index < -0.39 is 0 Å². The van der Waals surface area contributed by atoms with Crippen molar-refractivity contribution in [3.8, 4) is 10.6 Å². The maximum atomic E-state index is 12.4. The average Bonchev–Trinajstić information content (AvgIpc) is 3.27. The normalized spacial score (nSPS) is 11.1. The highest BCUT2D eigenvalue weighted by atomic mass is 32.1. The molecule has 2 N–H and O–H groups in total. The summed E-state index contributed by atoms with van der Waals surface area (Å²) in [5.74, 6) is -0.0668. The standard InChI is InChI=1S/C18H16N4OS2/c1-10-17(25-11(2)20-10)15-9-24-18(21-15)22-16(23)7-12-8-19-14-6-4-3-5-13(12)14/h3-6,8-9,19H,7H2,1-2H3,(H,21,22,23). The molecule has 0 unspecified atom stereocenters. The Bertz CT molecular complexity index is 1060. The van der Waals surface area contributed by atoms with Crippen molar-refractivity contribution >= 4 is 44.6 Å². The maximum absolute atomic E-state index is 12.4. The van der Waals surface area contributed by atoms with Crippen molar-refractivity contribution in [2.24, 2.45) is 0 Å². The van der Waals surface area contributed by atoms with Crippen LogP contribution in [0.4, 0.5) is 5.13 Å². The lowest BCUT2D eigenvalue weighted by Gasteiger charge is -2.01. The quantitative estimate of drug-likeness (QED) is 0.555. The Kier molecular flexibility index (Phi) is 4.10.